The number of hydrogen-bond donors (Lipinski definition) is 3. The Morgan fingerprint density at radius 2 is 1.93 bits per heavy atom. The van der Waals surface area contributed by atoms with E-state index in [2.05, 4.69) is 57.8 Å². The van der Waals surface area contributed by atoms with Crippen LogP contribution in [0.3, 0.4) is 0 Å². The molecule has 3 rings (SSSR count). The van der Waals surface area contributed by atoms with Gasteiger partial charge in [-0.05, 0) is 51.0 Å². The SMILES string of the molecule is CCNC(=NCC1(O)CCC1)NCCCOC1CCN(Cc2ccccc2)CC1.I. The predicted molar refractivity (Wildman–Crippen MR) is 134 cm³/mol. The second kappa shape index (κ2) is 13.5. The van der Waals surface area contributed by atoms with Crippen molar-refractivity contribution in [2.75, 3.05) is 39.3 Å². The van der Waals surface area contributed by atoms with E-state index in [1.807, 2.05) is 0 Å². The Hall–Kier alpha value is -0.900. The van der Waals surface area contributed by atoms with Gasteiger partial charge in [-0.25, -0.2) is 0 Å². The molecular formula is C23H39IN4O2. The van der Waals surface area contributed by atoms with E-state index >= 15 is 0 Å². The molecule has 1 heterocycles. The van der Waals surface area contributed by atoms with Crippen molar-refractivity contribution in [2.24, 2.45) is 4.99 Å². The van der Waals surface area contributed by atoms with Gasteiger partial charge in [0.15, 0.2) is 5.96 Å². The van der Waals surface area contributed by atoms with Crippen LogP contribution in [0.4, 0.5) is 0 Å². The van der Waals surface area contributed by atoms with Crippen LogP contribution in [0.2, 0.25) is 0 Å². The second-order valence-electron chi connectivity index (χ2n) is 8.39. The van der Waals surface area contributed by atoms with E-state index in [4.69, 9.17) is 4.74 Å². The van der Waals surface area contributed by atoms with Gasteiger partial charge in [-0.3, -0.25) is 9.89 Å². The Balaban J connectivity index is 0.00000320. The summed E-state index contributed by atoms with van der Waals surface area (Å²) in [6, 6.07) is 10.7. The van der Waals surface area contributed by atoms with Crippen LogP contribution < -0.4 is 10.6 Å². The summed E-state index contributed by atoms with van der Waals surface area (Å²) in [6.45, 7) is 8.23. The highest BCUT2D eigenvalue weighted by atomic mass is 127. The van der Waals surface area contributed by atoms with Gasteiger partial charge in [0.1, 0.15) is 0 Å². The molecule has 7 heteroatoms. The molecule has 1 aromatic carbocycles. The molecule has 0 unspecified atom stereocenters. The van der Waals surface area contributed by atoms with Crippen molar-refractivity contribution in [3.8, 4) is 0 Å². The average Bonchev–Trinajstić information content (AvgIpc) is 2.72. The fraction of sp³-hybridized carbons (Fsp3) is 0.696. The summed E-state index contributed by atoms with van der Waals surface area (Å²) in [5.74, 6) is 0.794. The molecule has 1 saturated carbocycles. The summed E-state index contributed by atoms with van der Waals surface area (Å²) < 4.78 is 6.10. The third-order valence-electron chi connectivity index (χ3n) is 5.91. The van der Waals surface area contributed by atoms with Gasteiger partial charge >= 0.3 is 0 Å². The normalized spacial score (nSPS) is 19.6. The molecule has 1 aliphatic carbocycles. The van der Waals surface area contributed by atoms with Crippen LogP contribution in [-0.2, 0) is 11.3 Å². The maximum atomic E-state index is 10.2. The number of likely N-dealkylation sites (tertiary alicyclic amines) is 1. The minimum Gasteiger partial charge on any atom is -0.388 e. The standard InChI is InChI=1S/C23H38N4O2.HI/c1-2-24-22(26-19-23(28)12-6-13-23)25-14-7-17-29-21-10-15-27(16-11-21)18-20-8-4-3-5-9-20;/h3-5,8-9,21,28H,2,6-7,10-19H2,1H3,(H2,24,25,26);1H. The van der Waals surface area contributed by atoms with Crippen LogP contribution in [0, 0.1) is 0 Å². The van der Waals surface area contributed by atoms with Gasteiger partial charge in [0.2, 0.25) is 0 Å². The molecule has 0 bridgehead atoms. The molecule has 0 spiro atoms. The summed E-state index contributed by atoms with van der Waals surface area (Å²) >= 11 is 0. The molecule has 6 nitrogen and oxygen atoms in total. The van der Waals surface area contributed by atoms with Gasteiger partial charge in [0.25, 0.3) is 0 Å². The fourth-order valence-corrected chi connectivity index (χ4v) is 3.92. The topological polar surface area (TPSA) is 69.1 Å². The van der Waals surface area contributed by atoms with Crippen LogP contribution in [-0.4, -0.2) is 67.0 Å². The number of nitrogens with zero attached hydrogens (tertiary/aromatic N) is 2. The number of aliphatic hydroxyl groups is 1. The molecule has 1 aliphatic heterocycles. The first-order valence-corrected chi connectivity index (χ1v) is 11.3. The molecule has 1 aromatic rings. The Morgan fingerprint density at radius 3 is 2.57 bits per heavy atom. The maximum Gasteiger partial charge on any atom is 0.191 e. The van der Waals surface area contributed by atoms with Crippen LogP contribution in [0.25, 0.3) is 0 Å². The van der Waals surface area contributed by atoms with Crippen molar-refractivity contribution in [3.63, 3.8) is 0 Å². The monoisotopic (exact) mass is 530 g/mol. The Bertz CT molecular complexity index is 617. The summed E-state index contributed by atoms with van der Waals surface area (Å²) in [5.41, 5.74) is 0.821. The third kappa shape index (κ3) is 8.69. The Morgan fingerprint density at radius 1 is 1.20 bits per heavy atom. The molecule has 3 N–H and O–H groups in total. The van der Waals surface area contributed by atoms with Crippen LogP contribution >= 0.6 is 24.0 Å². The number of aliphatic imine (C=N–C) groups is 1. The fourth-order valence-electron chi connectivity index (χ4n) is 3.92. The zero-order chi connectivity index (χ0) is 20.4. The lowest BCUT2D eigenvalue weighted by atomic mass is 9.80. The van der Waals surface area contributed by atoms with Gasteiger partial charge in [-0.15, -0.1) is 24.0 Å². The number of rotatable bonds is 10. The largest absolute Gasteiger partial charge is 0.388 e. The van der Waals surface area contributed by atoms with E-state index in [9.17, 15) is 5.11 Å². The van der Waals surface area contributed by atoms with Gasteiger partial charge < -0.3 is 20.5 Å². The van der Waals surface area contributed by atoms with E-state index in [0.717, 1.165) is 83.8 Å². The van der Waals surface area contributed by atoms with E-state index in [1.165, 1.54) is 5.56 Å². The number of halogens is 1. The molecule has 30 heavy (non-hydrogen) atoms. The number of guanidine groups is 1. The van der Waals surface area contributed by atoms with E-state index in [-0.39, 0.29) is 24.0 Å². The molecule has 0 amide bonds. The summed E-state index contributed by atoms with van der Waals surface area (Å²) in [5, 5.41) is 16.8. The molecule has 2 fully saturated rings. The number of hydrogen-bond acceptors (Lipinski definition) is 4. The van der Waals surface area contributed by atoms with Crippen molar-refractivity contribution in [2.45, 2.75) is 63.7 Å². The van der Waals surface area contributed by atoms with E-state index < -0.39 is 5.60 Å². The third-order valence-corrected chi connectivity index (χ3v) is 5.91. The smallest absolute Gasteiger partial charge is 0.191 e. The van der Waals surface area contributed by atoms with Crippen molar-refractivity contribution in [1.82, 2.24) is 15.5 Å². The van der Waals surface area contributed by atoms with Crippen LogP contribution in [0.1, 0.15) is 51.0 Å². The molecule has 0 atom stereocenters. The maximum absolute atomic E-state index is 10.2. The Kier molecular flexibility index (Phi) is 11.4. The lowest BCUT2D eigenvalue weighted by molar-refractivity contribution is -0.0236. The molecule has 1 saturated heterocycles. The average molecular weight is 530 g/mol. The van der Waals surface area contributed by atoms with Gasteiger partial charge in [-0.1, -0.05) is 30.3 Å². The van der Waals surface area contributed by atoms with Gasteiger partial charge in [-0.2, -0.15) is 0 Å². The second-order valence-corrected chi connectivity index (χ2v) is 8.39. The quantitative estimate of drug-likeness (QED) is 0.188. The van der Waals surface area contributed by atoms with E-state index in [0.29, 0.717) is 12.6 Å². The zero-order valence-electron chi connectivity index (χ0n) is 18.3. The molecule has 0 aromatic heterocycles. The number of nitrogens with one attached hydrogen (secondary N) is 2. The zero-order valence-corrected chi connectivity index (χ0v) is 20.6. The minimum atomic E-state index is -0.569. The number of ether oxygens (including phenoxy) is 1. The lowest BCUT2D eigenvalue weighted by Gasteiger charge is -2.35. The van der Waals surface area contributed by atoms with Gasteiger partial charge in [0, 0.05) is 39.3 Å². The highest BCUT2D eigenvalue weighted by Gasteiger charge is 2.34. The first kappa shape index (κ1) is 25.4. The number of piperidine rings is 1. The molecule has 0 radical (unpaired) electrons. The van der Waals surface area contributed by atoms with Crippen molar-refractivity contribution in [1.29, 1.82) is 0 Å². The van der Waals surface area contributed by atoms with Crippen molar-refractivity contribution in [3.05, 3.63) is 35.9 Å². The first-order valence-electron chi connectivity index (χ1n) is 11.3. The first-order chi connectivity index (χ1) is 14.2. The van der Waals surface area contributed by atoms with Crippen LogP contribution in [0.15, 0.2) is 35.3 Å². The predicted octanol–water partition coefficient (Wildman–Crippen LogP) is 3.15. The Labute approximate surface area is 198 Å². The summed E-state index contributed by atoms with van der Waals surface area (Å²) in [7, 11) is 0. The molecule has 170 valence electrons. The minimum absolute atomic E-state index is 0. The van der Waals surface area contributed by atoms with E-state index in [1.54, 1.807) is 0 Å². The van der Waals surface area contributed by atoms with Gasteiger partial charge in [0.05, 0.1) is 18.2 Å². The highest BCUT2D eigenvalue weighted by Crippen LogP contribution is 2.31. The lowest BCUT2D eigenvalue weighted by Crippen LogP contribution is -2.43. The van der Waals surface area contributed by atoms with Crippen molar-refractivity contribution < 1.29 is 9.84 Å². The van der Waals surface area contributed by atoms with Crippen molar-refractivity contribution >= 4 is 29.9 Å². The summed E-state index contributed by atoms with van der Waals surface area (Å²) in [4.78, 5) is 7.06. The number of benzene rings is 1. The summed E-state index contributed by atoms with van der Waals surface area (Å²) in [6.07, 6.45) is 6.42. The van der Waals surface area contributed by atoms with Crippen LogP contribution in [0.5, 0.6) is 0 Å². The molecule has 2 aliphatic rings. The molecular weight excluding hydrogens is 491 g/mol. The highest BCUT2D eigenvalue weighted by molar-refractivity contribution is 14.0.